The van der Waals surface area contributed by atoms with Gasteiger partial charge in [-0.15, -0.1) is 0 Å². The van der Waals surface area contributed by atoms with Crippen molar-refractivity contribution in [1.82, 2.24) is 10.2 Å². The summed E-state index contributed by atoms with van der Waals surface area (Å²) in [5.74, 6) is -0.399. The minimum absolute atomic E-state index is 0.00954. The van der Waals surface area contributed by atoms with Gasteiger partial charge in [0.05, 0.1) is 17.5 Å². The third kappa shape index (κ3) is 4.17. The van der Waals surface area contributed by atoms with Crippen LogP contribution in [0.1, 0.15) is 6.92 Å². The fraction of sp³-hybridized carbons (Fsp3) is 0.333. The monoisotopic (exact) mass is 334 g/mol. The van der Waals surface area contributed by atoms with Crippen molar-refractivity contribution in [2.45, 2.75) is 19.0 Å². The number of aliphatic imine (C=N–C) groups is 1. The van der Waals surface area contributed by atoms with Crippen molar-refractivity contribution in [2.75, 3.05) is 12.3 Å². The lowest BCUT2D eigenvalue weighted by Crippen LogP contribution is -2.52. The number of carbonyl (C=O) groups is 3. The number of amidine groups is 1. The van der Waals surface area contributed by atoms with E-state index in [4.69, 9.17) is 5.73 Å². The van der Waals surface area contributed by atoms with E-state index in [1.807, 2.05) is 30.3 Å². The molecule has 1 aromatic carbocycles. The standard InChI is InChI=1S/C15H18N4O3S/c1-10(14(22)17-12(7-16)8-20)19-13(21)9-23-15(19)18-11-5-3-2-4-6-11/h2-6,8,10,12H,7,9,16H2,1H3,(H,17,22)/b18-15-/t10-,12-/m0/s1. The van der Waals surface area contributed by atoms with Gasteiger partial charge in [0.25, 0.3) is 0 Å². The summed E-state index contributed by atoms with van der Waals surface area (Å²) < 4.78 is 0. The topological polar surface area (TPSA) is 105 Å². The number of nitrogens with two attached hydrogens (primary N) is 1. The fourth-order valence-electron chi connectivity index (χ4n) is 2.02. The first-order valence-electron chi connectivity index (χ1n) is 7.11. The number of benzene rings is 1. The van der Waals surface area contributed by atoms with Crippen molar-refractivity contribution in [2.24, 2.45) is 10.7 Å². The SMILES string of the molecule is C[C@@H](C(=O)N[C@H](C=O)CN)N1C(=O)CS/C1=N\c1ccccc1. The number of nitrogens with one attached hydrogen (secondary N) is 1. The molecular weight excluding hydrogens is 316 g/mol. The predicted molar refractivity (Wildman–Crippen MR) is 89.4 cm³/mol. The highest BCUT2D eigenvalue weighted by molar-refractivity contribution is 8.15. The van der Waals surface area contributed by atoms with Crippen LogP contribution in [0.2, 0.25) is 0 Å². The van der Waals surface area contributed by atoms with E-state index in [1.54, 1.807) is 6.92 Å². The summed E-state index contributed by atoms with van der Waals surface area (Å²) in [6, 6.07) is 7.66. The highest BCUT2D eigenvalue weighted by Gasteiger charge is 2.36. The molecule has 0 bridgehead atoms. The Morgan fingerprint density at radius 2 is 2.17 bits per heavy atom. The first-order chi connectivity index (χ1) is 11.1. The molecule has 122 valence electrons. The molecule has 1 fully saturated rings. The van der Waals surface area contributed by atoms with Gasteiger partial charge in [-0.1, -0.05) is 30.0 Å². The minimum Gasteiger partial charge on any atom is -0.344 e. The van der Waals surface area contributed by atoms with Gasteiger partial charge >= 0.3 is 0 Å². The second-order valence-electron chi connectivity index (χ2n) is 4.95. The fourth-order valence-corrected chi connectivity index (χ4v) is 2.98. The van der Waals surface area contributed by atoms with E-state index in [0.29, 0.717) is 17.1 Å². The van der Waals surface area contributed by atoms with Crippen LogP contribution in [-0.2, 0) is 14.4 Å². The third-order valence-electron chi connectivity index (χ3n) is 3.29. The summed E-state index contributed by atoms with van der Waals surface area (Å²) in [6.07, 6.45) is 0.574. The molecular formula is C15H18N4O3S. The number of para-hydroxylation sites is 1. The summed E-state index contributed by atoms with van der Waals surface area (Å²) in [5, 5.41) is 2.98. The van der Waals surface area contributed by atoms with Crippen LogP contribution in [0.5, 0.6) is 0 Å². The normalized spacial score (nSPS) is 18.8. The van der Waals surface area contributed by atoms with Crippen molar-refractivity contribution < 1.29 is 14.4 Å². The molecule has 0 spiro atoms. The molecule has 1 aliphatic heterocycles. The number of hydrogen-bond donors (Lipinski definition) is 2. The van der Waals surface area contributed by atoms with Crippen molar-refractivity contribution in [3.8, 4) is 0 Å². The van der Waals surface area contributed by atoms with Gasteiger partial charge in [0.1, 0.15) is 12.3 Å². The van der Waals surface area contributed by atoms with E-state index >= 15 is 0 Å². The van der Waals surface area contributed by atoms with Gasteiger partial charge in [-0.05, 0) is 19.1 Å². The average Bonchev–Trinajstić information content (AvgIpc) is 2.93. The number of aldehydes is 1. The van der Waals surface area contributed by atoms with E-state index in [-0.39, 0.29) is 18.2 Å². The van der Waals surface area contributed by atoms with Crippen LogP contribution >= 0.6 is 11.8 Å². The Morgan fingerprint density at radius 3 is 2.78 bits per heavy atom. The molecule has 7 nitrogen and oxygen atoms in total. The highest BCUT2D eigenvalue weighted by Crippen LogP contribution is 2.25. The van der Waals surface area contributed by atoms with Gasteiger partial charge in [-0.25, -0.2) is 4.99 Å². The number of thioether (sulfide) groups is 1. The molecule has 1 saturated heterocycles. The predicted octanol–water partition coefficient (Wildman–Crippen LogP) is 0.280. The van der Waals surface area contributed by atoms with Crippen LogP contribution in [0, 0.1) is 0 Å². The van der Waals surface area contributed by atoms with Crippen molar-refractivity contribution in [3.63, 3.8) is 0 Å². The Morgan fingerprint density at radius 1 is 1.48 bits per heavy atom. The lowest BCUT2D eigenvalue weighted by atomic mass is 10.2. The maximum Gasteiger partial charge on any atom is 0.243 e. The van der Waals surface area contributed by atoms with E-state index in [0.717, 1.165) is 0 Å². The molecule has 0 saturated carbocycles. The first kappa shape index (κ1) is 17.2. The van der Waals surface area contributed by atoms with Gasteiger partial charge in [-0.3, -0.25) is 14.5 Å². The Balaban J connectivity index is 2.17. The molecule has 8 heteroatoms. The molecule has 23 heavy (non-hydrogen) atoms. The average molecular weight is 334 g/mol. The van der Waals surface area contributed by atoms with Crippen LogP contribution < -0.4 is 11.1 Å². The Kier molecular flexibility index (Phi) is 5.89. The number of nitrogens with zero attached hydrogens (tertiary/aromatic N) is 2. The molecule has 3 N–H and O–H groups in total. The molecule has 1 aromatic rings. The van der Waals surface area contributed by atoms with Crippen LogP contribution in [0.3, 0.4) is 0 Å². The number of rotatable bonds is 6. The summed E-state index contributed by atoms with van der Waals surface area (Å²) in [4.78, 5) is 40.9. The van der Waals surface area contributed by atoms with Crippen molar-refractivity contribution >= 4 is 40.7 Å². The Labute approximate surface area is 138 Å². The summed E-state index contributed by atoms with van der Waals surface area (Å²) in [6.45, 7) is 1.60. The minimum atomic E-state index is -0.769. The third-order valence-corrected chi connectivity index (χ3v) is 4.23. The van der Waals surface area contributed by atoms with E-state index in [9.17, 15) is 14.4 Å². The zero-order chi connectivity index (χ0) is 16.8. The molecule has 0 aliphatic carbocycles. The Bertz CT molecular complexity index is 620. The van der Waals surface area contributed by atoms with E-state index in [1.165, 1.54) is 16.7 Å². The summed E-state index contributed by atoms with van der Waals surface area (Å²) >= 11 is 1.28. The van der Waals surface area contributed by atoms with Gasteiger partial charge in [-0.2, -0.15) is 0 Å². The largest absolute Gasteiger partial charge is 0.344 e. The molecule has 0 unspecified atom stereocenters. The van der Waals surface area contributed by atoms with Crippen LogP contribution in [-0.4, -0.2) is 52.5 Å². The van der Waals surface area contributed by atoms with Gasteiger partial charge in [0, 0.05) is 6.54 Å². The number of carbonyl (C=O) groups excluding carboxylic acids is 3. The van der Waals surface area contributed by atoms with Gasteiger partial charge < -0.3 is 15.8 Å². The molecule has 2 rings (SSSR count). The summed E-state index contributed by atoms with van der Waals surface area (Å²) in [5.41, 5.74) is 6.09. The van der Waals surface area contributed by atoms with Gasteiger partial charge in [0.15, 0.2) is 5.17 Å². The zero-order valence-electron chi connectivity index (χ0n) is 12.6. The molecule has 1 heterocycles. The van der Waals surface area contributed by atoms with Crippen LogP contribution in [0.15, 0.2) is 35.3 Å². The lowest BCUT2D eigenvalue weighted by molar-refractivity contribution is -0.134. The van der Waals surface area contributed by atoms with Crippen molar-refractivity contribution in [1.29, 1.82) is 0 Å². The number of amides is 2. The van der Waals surface area contributed by atoms with Gasteiger partial charge in [0.2, 0.25) is 11.8 Å². The Hall–Kier alpha value is -2.19. The quantitative estimate of drug-likeness (QED) is 0.727. The summed E-state index contributed by atoms with van der Waals surface area (Å²) in [7, 11) is 0. The smallest absolute Gasteiger partial charge is 0.243 e. The van der Waals surface area contributed by atoms with Crippen LogP contribution in [0.25, 0.3) is 0 Å². The maximum absolute atomic E-state index is 12.2. The second-order valence-corrected chi connectivity index (χ2v) is 5.89. The first-order valence-corrected chi connectivity index (χ1v) is 8.09. The lowest BCUT2D eigenvalue weighted by Gasteiger charge is -2.24. The maximum atomic E-state index is 12.2. The molecule has 0 radical (unpaired) electrons. The highest BCUT2D eigenvalue weighted by atomic mass is 32.2. The van der Waals surface area contributed by atoms with Crippen LogP contribution in [0.4, 0.5) is 5.69 Å². The molecule has 2 amide bonds. The van der Waals surface area contributed by atoms with Crippen molar-refractivity contribution in [3.05, 3.63) is 30.3 Å². The second kappa shape index (κ2) is 7.89. The molecule has 2 atom stereocenters. The number of hydrogen-bond acceptors (Lipinski definition) is 6. The van der Waals surface area contributed by atoms with E-state index < -0.39 is 18.0 Å². The zero-order valence-corrected chi connectivity index (χ0v) is 13.5. The van der Waals surface area contributed by atoms with E-state index in [2.05, 4.69) is 10.3 Å². The molecule has 1 aliphatic rings. The molecule has 0 aromatic heterocycles.